The van der Waals surface area contributed by atoms with Gasteiger partial charge < -0.3 is 9.67 Å². The minimum atomic E-state index is 0.249. The Kier molecular flexibility index (Phi) is 6.19. The Morgan fingerprint density at radius 2 is 2.12 bits per heavy atom. The van der Waals surface area contributed by atoms with Crippen molar-refractivity contribution >= 4 is 0 Å². The van der Waals surface area contributed by atoms with Gasteiger partial charge in [-0.3, -0.25) is 4.90 Å². The number of nitrogens with zero attached hydrogens (tertiary/aromatic N) is 2. The predicted molar refractivity (Wildman–Crippen MR) is 67.3 cm³/mol. The van der Waals surface area contributed by atoms with Gasteiger partial charge >= 0.3 is 0 Å². The standard InChI is InChI=1S/C13H24N2O/c1-3-4-5-7-15(9-10-16)12-13-6-8-14(2)11-13/h6,8,11,16H,3-5,7,9-10,12H2,1-2H3. The van der Waals surface area contributed by atoms with E-state index in [1.807, 2.05) is 7.05 Å². The molecule has 0 bridgehead atoms. The van der Waals surface area contributed by atoms with E-state index in [9.17, 15) is 0 Å². The van der Waals surface area contributed by atoms with Crippen molar-refractivity contribution in [1.29, 1.82) is 0 Å². The molecule has 1 heterocycles. The van der Waals surface area contributed by atoms with Crippen LogP contribution < -0.4 is 0 Å². The molecular weight excluding hydrogens is 200 g/mol. The molecule has 0 atom stereocenters. The molecule has 0 radical (unpaired) electrons. The second-order valence-corrected chi connectivity index (χ2v) is 4.39. The second-order valence-electron chi connectivity index (χ2n) is 4.39. The van der Waals surface area contributed by atoms with Crippen molar-refractivity contribution in [2.24, 2.45) is 7.05 Å². The zero-order valence-corrected chi connectivity index (χ0v) is 10.5. The van der Waals surface area contributed by atoms with Crippen LogP contribution in [0.1, 0.15) is 31.7 Å². The Morgan fingerprint density at radius 3 is 2.69 bits per heavy atom. The van der Waals surface area contributed by atoms with Gasteiger partial charge in [-0.1, -0.05) is 19.8 Å². The molecule has 0 amide bonds. The van der Waals surface area contributed by atoms with Crippen LogP contribution in [-0.4, -0.2) is 34.3 Å². The summed E-state index contributed by atoms with van der Waals surface area (Å²) in [7, 11) is 2.04. The molecule has 92 valence electrons. The van der Waals surface area contributed by atoms with E-state index in [1.165, 1.54) is 24.8 Å². The summed E-state index contributed by atoms with van der Waals surface area (Å²) >= 11 is 0. The maximum Gasteiger partial charge on any atom is 0.0558 e. The highest BCUT2D eigenvalue weighted by atomic mass is 16.3. The summed E-state index contributed by atoms with van der Waals surface area (Å²) in [4.78, 5) is 2.32. The van der Waals surface area contributed by atoms with Crippen molar-refractivity contribution in [3.63, 3.8) is 0 Å². The van der Waals surface area contributed by atoms with Gasteiger partial charge in [0.25, 0.3) is 0 Å². The lowest BCUT2D eigenvalue weighted by atomic mass is 10.2. The molecule has 0 aliphatic heterocycles. The number of hydrogen-bond donors (Lipinski definition) is 1. The molecule has 3 nitrogen and oxygen atoms in total. The fourth-order valence-electron chi connectivity index (χ4n) is 1.91. The fourth-order valence-corrected chi connectivity index (χ4v) is 1.91. The van der Waals surface area contributed by atoms with E-state index >= 15 is 0 Å². The number of aliphatic hydroxyl groups is 1. The number of rotatable bonds is 8. The largest absolute Gasteiger partial charge is 0.395 e. The molecule has 1 aromatic rings. The smallest absolute Gasteiger partial charge is 0.0558 e. The highest BCUT2D eigenvalue weighted by Gasteiger charge is 2.05. The maximum absolute atomic E-state index is 9.03. The zero-order valence-electron chi connectivity index (χ0n) is 10.5. The van der Waals surface area contributed by atoms with Crippen LogP contribution in [0.2, 0.25) is 0 Å². The van der Waals surface area contributed by atoms with E-state index in [-0.39, 0.29) is 6.61 Å². The lowest BCUT2D eigenvalue weighted by molar-refractivity contribution is 0.187. The van der Waals surface area contributed by atoms with Crippen molar-refractivity contribution in [2.75, 3.05) is 19.7 Å². The van der Waals surface area contributed by atoms with Gasteiger partial charge in [0.15, 0.2) is 0 Å². The summed E-state index contributed by atoms with van der Waals surface area (Å²) in [5, 5.41) is 9.03. The Bertz CT molecular complexity index is 283. The lowest BCUT2D eigenvalue weighted by Gasteiger charge is -2.20. The third-order valence-corrected chi connectivity index (χ3v) is 2.79. The Labute approximate surface area is 98.7 Å². The Balaban J connectivity index is 2.37. The van der Waals surface area contributed by atoms with Crippen molar-refractivity contribution in [3.05, 3.63) is 24.0 Å². The minimum Gasteiger partial charge on any atom is -0.395 e. The summed E-state index contributed by atoms with van der Waals surface area (Å²) in [6, 6.07) is 2.14. The first-order chi connectivity index (χ1) is 7.76. The van der Waals surface area contributed by atoms with Gasteiger partial charge in [0.1, 0.15) is 0 Å². The molecule has 1 rings (SSSR count). The molecule has 0 aliphatic carbocycles. The van der Waals surface area contributed by atoms with Crippen molar-refractivity contribution in [2.45, 2.75) is 32.7 Å². The lowest BCUT2D eigenvalue weighted by Crippen LogP contribution is -2.27. The molecule has 0 aromatic carbocycles. The normalized spacial score (nSPS) is 11.2. The molecule has 16 heavy (non-hydrogen) atoms. The molecule has 0 fully saturated rings. The number of aliphatic hydroxyl groups excluding tert-OH is 1. The molecule has 0 spiro atoms. The van der Waals surface area contributed by atoms with E-state index in [0.717, 1.165) is 19.6 Å². The van der Waals surface area contributed by atoms with Crippen LogP contribution >= 0.6 is 0 Å². The summed E-state index contributed by atoms with van der Waals surface area (Å²) in [5.74, 6) is 0. The van der Waals surface area contributed by atoms with Gasteiger partial charge in [0.2, 0.25) is 0 Å². The van der Waals surface area contributed by atoms with E-state index in [2.05, 4.69) is 34.9 Å². The number of aryl methyl sites for hydroxylation is 1. The average Bonchev–Trinajstić information content (AvgIpc) is 2.65. The van der Waals surface area contributed by atoms with Crippen molar-refractivity contribution in [3.8, 4) is 0 Å². The van der Waals surface area contributed by atoms with Gasteiger partial charge in [-0.25, -0.2) is 0 Å². The molecular formula is C13H24N2O. The van der Waals surface area contributed by atoms with E-state index in [1.54, 1.807) is 0 Å². The molecule has 0 unspecified atom stereocenters. The van der Waals surface area contributed by atoms with E-state index in [0.29, 0.717) is 0 Å². The third kappa shape index (κ3) is 4.81. The van der Waals surface area contributed by atoms with Crippen LogP contribution in [0.5, 0.6) is 0 Å². The quantitative estimate of drug-likeness (QED) is 0.684. The number of hydrogen-bond acceptors (Lipinski definition) is 2. The first-order valence-corrected chi connectivity index (χ1v) is 6.20. The number of aromatic nitrogens is 1. The predicted octanol–water partition coefficient (Wildman–Crippen LogP) is 2.01. The van der Waals surface area contributed by atoms with Crippen LogP contribution in [0.4, 0.5) is 0 Å². The molecule has 0 aliphatic rings. The Morgan fingerprint density at radius 1 is 1.31 bits per heavy atom. The molecule has 0 saturated heterocycles. The highest BCUT2D eigenvalue weighted by Crippen LogP contribution is 2.06. The molecule has 1 N–H and O–H groups in total. The topological polar surface area (TPSA) is 28.4 Å². The zero-order chi connectivity index (χ0) is 11.8. The summed E-state index contributed by atoms with van der Waals surface area (Å²) in [6.07, 6.45) is 7.96. The van der Waals surface area contributed by atoms with Gasteiger partial charge in [-0.2, -0.15) is 0 Å². The van der Waals surface area contributed by atoms with E-state index < -0.39 is 0 Å². The van der Waals surface area contributed by atoms with Crippen LogP contribution in [0.15, 0.2) is 18.5 Å². The SMILES string of the molecule is CCCCCN(CCO)Cc1ccn(C)c1. The fraction of sp³-hybridized carbons (Fsp3) is 0.692. The van der Waals surface area contributed by atoms with Crippen molar-refractivity contribution < 1.29 is 5.11 Å². The number of unbranched alkanes of at least 4 members (excludes halogenated alkanes) is 2. The van der Waals surface area contributed by atoms with Crippen LogP contribution in [0.25, 0.3) is 0 Å². The van der Waals surface area contributed by atoms with Crippen LogP contribution in [-0.2, 0) is 13.6 Å². The van der Waals surface area contributed by atoms with Crippen LogP contribution in [0.3, 0.4) is 0 Å². The average molecular weight is 224 g/mol. The molecule has 1 aromatic heterocycles. The monoisotopic (exact) mass is 224 g/mol. The third-order valence-electron chi connectivity index (χ3n) is 2.79. The maximum atomic E-state index is 9.03. The van der Waals surface area contributed by atoms with Gasteiger partial charge in [0, 0.05) is 32.5 Å². The minimum absolute atomic E-state index is 0.249. The van der Waals surface area contributed by atoms with Gasteiger partial charge in [0.05, 0.1) is 6.61 Å². The second kappa shape index (κ2) is 7.47. The van der Waals surface area contributed by atoms with Crippen LogP contribution in [0, 0.1) is 0 Å². The van der Waals surface area contributed by atoms with Gasteiger partial charge in [-0.05, 0) is 24.6 Å². The Hall–Kier alpha value is -0.800. The summed E-state index contributed by atoms with van der Waals surface area (Å²) < 4.78 is 2.07. The van der Waals surface area contributed by atoms with E-state index in [4.69, 9.17) is 5.11 Å². The van der Waals surface area contributed by atoms with Crippen molar-refractivity contribution in [1.82, 2.24) is 9.47 Å². The summed E-state index contributed by atoms with van der Waals surface area (Å²) in [5.41, 5.74) is 1.33. The first kappa shape index (κ1) is 13.3. The summed E-state index contributed by atoms with van der Waals surface area (Å²) in [6.45, 7) is 5.28. The van der Waals surface area contributed by atoms with Gasteiger partial charge in [-0.15, -0.1) is 0 Å². The molecule has 0 saturated carbocycles. The molecule has 3 heteroatoms. The highest BCUT2D eigenvalue weighted by molar-refractivity contribution is 5.09. The first-order valence-electron chi connectivity index (χ1n) is 6.20.